The molecule has 0 fully saturated rings. The molecule has 15 heavy (non-hydrogen) atoms. The molecular formula is C13H16O2. The molecule has 80 valence electrons. The smallest absolute Gasteiger partial charge is 0.305 e. The van der Waals surface area contributed by atoms with Gasteiger partial charge in [0.05, 0.1) is 7.11 Å². The fourth-order valence-electron chi connectivity index (χ4n) is 1.34. The van der Waals surface area contributed by atoms with Gasteiger partial charge in [0.2, 0.25) is 0 Å². The van der Waals surface area contributed by atoms with Crippen molar-refractivity contribution in [3.8, 4) is 0 Å². The molecule has 0 saturated heterocycles. The fraction of sp³-hybridized carbons (Fsp3) is 0.308. The molecule has 1 aliphatic carbocycles. The minimum atomic E-state index is -0.157. The van der Waals surface area contributed by atoms with Gasteiger partial charge in [-0.1, -0.05) is 43.3 Å². The van der Waals surface area contributed by atoms with Crippen LogP contribution in [0.4, 0.5) is 0 Å². The summed E-state index contributed by atoms with van der Waals surface area (Å²) in [5.41, 5.74) is 2.84. The summed E-state index contributed by atoms with van der Waals surface area (Å²) >= 11 is 0. The lowest BCUT2D eigenvalue weighted by Crippen LogP contribution is -1.94. The van der Waals surface area contributed by atoms with E-state index in [9.17, 15) is 4.79 Å². The Balaban J connectivity index is 0.000000167. The lowest BCUT2D eigenvalue weighted by atomic mass is 10.1. The second kappa shape index (κ2) is 6.02. The summed E-state index contributed by atoms with van der Waals surface area (Å²) in [5, 5.41) is 0. The van der Waals surface area contributed by atoms with E-state index in [0.29, 0.717) is 6.42 Å². The summed E-state index contributed by atoms with van der Waals surface area (Å²) in [5.74, 6) is -0.157. The minimum Gasteiger partial charge on any atom is -0.469 e. The van der Waals surface area contributed by atoms with Crippen LogP contribution >= 0.6 is 0 Å². The maximum atomic E-state index is 9.96. The highest BCUT2D eigenvalue weighted by atomic mass is 16.5. The number of hydrogen-bond acceptors (Lipinski definition) is 2. The average Bonchev–Trinajstić information content (AvgIpc) is 2.76. The molecule has 0 bridgehead atoms. The van der Waals surface area contributed by atoms with Crippen molar-refractivity contribution in [2.75, 3.05) is 7.11 Å². The molecule has 2 heteroatoms. The number of rotatable bonds is 1. The van der Waals surface area contributed by atoms with E-state index in [2.05, 4.69) is 41.2 Å². The zero-order chi connectivity index (χ0) is 11.1. The molecule has 0 amide bonds. The van der Waals surface area contributed by atoms with E-state index in [1.54, 1.807) is 6.92 Å². The van der Waals surface area contributed by atoms with Gasteiger partial charge in [-0.15, -0.1) is 0 Å². The van der Waals surface area contributed by atoms with Crippen LogP contribution in [0.5, 0.6) is 0 Å². The summed E-state index contributed by atoms with van der Waals surface area (Å²) in [6.07, 6.45) is 5.96. The number of hydrogen-bond donors (Lipinski definition) is 0. The van der Waals surface area contributed by atoms with Gasteiger partial charge in [-0.05, 0) is 17.5 Å². The highest BCUT2D eigenvalue weighted by Gasteiger charge is 2.00. The van der Waals surface area contributed by atoms with E-state index >= 15 is 0 Å². The van der Waals surface area contributed by atoms with E-state index < -0.39 is 0 Å². The first-order chi connectivity index (χ1) is 7.27. The Morgan fingerprint density at radius 2 is 2.13 bits per heavy atom. The second-order valence-electron chi connectivity index (χ2n) is 3.23. The third kappa shape index (κ3) is 3.58. The second-order valence-corrected chi connectivity index (χ2v) is 3.23. The van der Waals surface area contributed by atoms with Crippen LogP contribution in [0.25, 0.3) is 6.08 Å². The van der Waals surface area contributed by atoms with Gasteiger partial charge in [-0.2, -0.15) is 0 Å². The van der Waals surface area contributed by atoms with Crippen molar-refractivity contribution in [3.05, 3.63) is 41.5 Å². The van der Waals surface area contributed by atoms with Crippen LogP contribution in [0.15, 0.2) is 30.3 Å². The number of ether oxygens (including phenoxy) is 1. The van der Waals surface area contributed by atoms with Gasteiger partial charge >= 0.3 is 5.97 Å². The maximum absolute atomic E-state index is 9.96. The largest absolute Gasteiger partial charge is 0.469 e. The van der Waals surface area contributed by atoms with Crippen molar-refractivity contribution in [1.29, 1.82) is 0 Å². The molecule has 0 unspecified atom stereocenters. The van der Waals surface area contributed by atoms with E-state index in [1.807, 2.05) is 0 Å². The number of methoxy groups -OCH3 is 1. The van der Waals surface area contributed by atoms with Crippen molar-refractivity contribution < 1.29 is 9.53 Å². The number of fused-ring (bicyclic) bond motifs is 1. The molecule has 0 aromatic heterocycles. The summed E-state index contributed by atoms with van der Waals surface area (Å²) < 4.78 is 4.26. The van der Waals surface area contributed by atoms with Crippen molar-refractivity contribution in [2.45, 2.75) is 19.8 Å². The zero-order valence-electron chi connectivity index (χ0n) is 9.19. The molecular weight excluding hydrogens is 188 g/mol. The first-order valence-corrected chi connectivity index (χ1v) is 5.09. The van der Waals surface area contributed by atoms with E-state index in [-0.39, 0.29) is 5.97 Å². The highest BCUT2D eigenvalue weighted by Crippen LogP contribution is 2.17. The van der Waals surface area contributed by atoms with E-state index in [4.69, 9.17) is 0 Å². The molecule has 2 nitrogen and oxygen atoms in total. The molecule has 2 rings (SSSR count). The van der Waals surface area contributed by atoms with Gasteiger partial charge in [0, 0.05) is 6.42 Å². The summed E-state index contributed by atoms with van der Waals surface area (Å²) in [6, 6.07) is 8.49. The Morgan fingerprint density at radius 1 is 1.40 bits per heavy atom. The van der Waals surface area contributed by atoms with Gasteiger partial charge < -0.3 is 4.74 Å². The molecule has 0 spiro atoms. The van der Waals surface area contributed by atoms with E-state index in [0.717, 1.165) is 6.42 Å². The molecule has 1 aromatic carbocycles. The first-order valence-electron chi connectivity index (χ1n) is 5.09. The predicted molar refractivity (Wildman–Crippen MR) is 61.5 cm³/mol. The van der Waals surface area contributed by atoms with Crippen LogP contribution in [-0.2, 0) is 16.0 Å². The van der Waals surface area contributed by atoms with Gasteiger partial charge in [0.25, 0.3) is 0 Å². The lowest BCUT2D eigenvalue weighted by molar-refractivity contribution is -0.140. The van der Waals surface area contributed by atoms with Gasteiger partial charge in [-0.3, -0.25) is 4.79 Å². The van der Waals surface area contributed by atoms with Crippen molar-refractivity contribution >= 4 is 12.0 Å². The maximum Gasteiger partial charge on any atom is 0.305 e. The molecule has 1 aliphatic rings. The zero-order valence-corrected chi connectivity index (χ0v) is 9.19. The molecule has 0 heterocycles. The lowest BCUT2D eigenvalue weighted by Gasteiger charge is -1.93. The van der Waals surface area contributed by atoms with Crippen LogP contribution in [0.1, 0.15) is 24.5 Å². The van der Waals surface area contributed by atoms with E-state index in [1.165, 1.54) is 18.2 Å². The topological polar surface area (TPSA) is 26.3 Å². The van der Waals surface area contributed by atoms with Crippen LogP contribution in [0.3, 0.4) is 0 Å². The molecule has 0 aliphatic heterocycles. The number of benzene rings is 1. The summed E-state index contributed by atoms with van der Waals surface area (Å²) in [7, 11) is 1.38. The Labute approximate surface area is 90.6 Å². The molecule has 0 N–H and O–H groups in total. The Bertz CT molecular complexity index is 347. The Kier molecular flexibility index (Phi) is 4.61. The Morgan fingerprint density at radius 3 is 2.67 bits per heavy atom. The summed E-state index contributed by atoms with van der Waals surface area (Å²) in [6.45, 7) is 1.76. The monoisotopic (exact) mass is 204 g/mol. The SMILES string of the molecule is C1=Cc2ccccc2C1.CCC(=O)OC. The molecule has 0 radical (unpaired) electrons. The van der Waals surface area contributed by atoms with Crippen LogP contribution in [0, 0.1) is 0 Å². The first kappa shape index (κ1) is 11.5. The fourth-order valence-corrected chi connectivity index (χ4v) is 1.34. The predicted octanol–water partition coefficient (Wildman–Crippen LogP) is 2.83. The third-order valence-electron chi connectivity index (χ3n) is 2.21. The number of esters is 1. The molecule has 1 aromatic rings. The Hall–Kier alpha value is -1.57. The van der Waals surface area contributed by atoms with Crippen molar-refractivity contribution in [2.24, 2.45) is 0 Å². The van der Waals surface area contributed by atoms with Crippen LogP contribution < -0.4 is 0 Å². The quantitative estimate of drug-likeness (QED) is 0.657. The van der Waals surface area contributed by atoms with Gasteiger partial charge in [0.15, 0.2) is 0 Å². The van der Waals surface area contributed by atoms with Gasteiger partial charge in [-0.25, -0.2) is 0 Å². The molecule has 0 saturated carbocycles. The van der Waals surface area contributed by atoms with Gasteiger partial charge in [0.1, 0.15) is 0 Å². The average molecular weight is 204 g/mol. The molecule has 0 atom stereocenters. The van der Waals surface area contributed by atoms with Crippen LogP contribution in [-0.4, -0.2) is 13.1 Å². The minimum absolute atomic E-state index is 0.157. The van der Waals surface area contributed by atoms with Crippen LogP contribution in [0.2, 0.25) is 0 Å². The standard InChI is InChI=1S/C9H8.C4H8O2/c1-2-5-9-7-3-6-8(9)4-1;1-3-4(5)6-2/h1-6H,7H2;3H2,1-2H3. The number of carbonyl (C=O) groups is 1. The normalized spacial score (nSPS) is 11.3. The number of allylic oxidation sites excluding steroid dienone is 1. The number of carbonyl (C=O) groups excluding carboxylic acids is 1. The van der Waals surface area contributed by atoms with Crippen molar-refractivity contribution in [1.82, 2.24) is 0 Å². The third-order valence-corrected chi connectivity index (χ3v) is 2.21. The highest BCUT2D eigenvalue weighted by molar-refractivity contribution is 5.68. The summed E-state index contributed by atoms with van der Waals surface area (Å²) in [4.78, 5) is 9.96. The van der Waals surface area contributed by atoms with Crippen molar-refractivity contribution in [3.63, 3.8) is 0 Å².